The number of aromatic nitrogens is 2. The van der Waals surface area contributed by atoms with E-state index in [1.807, 2.05) is 19.6 Å². The molecule has 1 aromatic rings. The van der Waals surface area contributed by atoms with E-state index in [4.69, 9.17) is 0 Å². The predicted octanol–water partition coefficient (Wildman–Crippen LogP) is 0.395. The quantitative estimate of drug-likeness (QED) is 0.506. The fraction of sp³-hybridized carbons (Fsp3) is 0.429. The Kier molecular flexibility index (Phi) is 1.09. The van der Waals surface area contributed by atoms with E-state index in [1.54, 1.807) is 0 Å². The zero-order valence-electron chi connectivity index (χ0n) is 5.91. The Bertz CT molecular complexity index is 272. The van der Waals surface area contributed by atoms with Crippen molar-refractivity contribution in [1.29, 1.82) is 0 Å². The highest BCUT2D eigenvalue weighted by atomic mass is 15.0. The zero-order valence-corrected chi connectivity index (χ0v) is 5.91. The lowest BCUT2D eigenvalue weighted by Gasteiger charge is -2.04. The zero-order chi connectivity index (χ0) is 6.97. The molecule has 0 saturated carbocycles. The first-order valence-electron chi connectivity index (χ1n) is 3.38. The predicted molar refractivity (Wildman–Crippen MR) is 39.4 cm³/mol. The second-order valence-electron chi connectivity index (χ2n) is 2.47. The summed E-state index contributed by atoms with van der Waals surface area (Å²) in [6, 6.07) is 0. The van der Waals surface area contributed by atoms with E-state index in [-0.39, 0.29) is 0 Å². The second kappa shape index (κ2) is 1.94. The molecule has 0 atom stereocenters. The Morgan fingerprint density at radius 1 is 1.60 bits per heavy atom. The van der Waals surface area contributed by atoms with E-state index in [0.29, 0.717) is 0 Å². The van der Waals surface area contributed by atoms with Crippen molar-refractivity contribution in [2.45, 2.75) is 6.42 Å². The summed E-state index contributed by atoms with van der Waals surface area (Å²) >= 11 is 0. The van der Waals surface area contributed by atoms with Gasteiger partial charge in [0.1, 0.15) is 5.69 Å². The van der Waals surface area contributed by atoms with Crippen LogP contribution in [0, 0.1) is 0 Å². The van der Waals surface area contributed by atoms with Crippen LogP contribution in [0.4, 0.5) is 0 Å². The molecule has 0 amide bonds. The third-order valence-corrected chi connectivity index (χ3v) is 1.78. The molecule has 0 N–H and O–H groups in total. The van der Waals surface area contributed by atoms with Crippen LogP contribution >= 0.6 is 0 Å². The maximum atomic E-state index is 4.17. The smallest absolute Gasteiger partial charge is 0.102 e. The highest BCUT2D eigenvalue weighted by Gasteiger charge is 2.08. The molecule has 0 radical (unpaired) electrons. The number of nitrogens with zero attached hydrogens (tertiary/aromatic N) is 3. The molecule has 0 saturated heterocycles. The van der Waals surface area contributed by atoms with Gasteiger partial charge < -0.3 is 4.57 Å². The standard InChI is InChI=1S/C7H9N3/c1-10-5-9-6-4-8-3-2-7(6)10/h4-5H,2-3H2,1H3. The van der Waals surface area contributed by atoms with Gasteiger partial charge in [-0.05, 0) is 0 Å². The third kappa shape index (κ3) is 0.667. The monoisotopic (exact) mass is 135 g/mol. The molecule has 2 rings (SSSR count). The molecule has 3 heteroatoms. The van der Waals surface area contributed by atoms with Crippen LogP contribution in [0.2, 0.25) is 0 Å². The molecular formula is C7H9N3. The van der Waals surface area contributed by atoms with Crippen molar-refractivity contribution in [2.75, 3.05) is 6.54 Å². The molecule has 0 bridgehead atoms. The van der Waals surface area contributed by atoms with Gasteiger partial charge in [-0.25, -0.2) is 4.98 Å². The van der Waals surface area contributed by atoms with Gasteiger partial charge in [-0.15, -0.1) is 0 Å². The fourth-order valence-electron chi connectivity index (χ4n) is 1.21. The van der Waals surface area contributed by atoms with Gasteiger partial charge in [0.05, 0.1) is 6.33 Å². The topological polar surface area (TPSA) is 30.2 Å². The van der Waals surface area contributed by atoms with Gasteiger partial charge in [0, 0.05) is 31.9 Å². The van der Waals surface area contributed by atoms with E-state index in [1.165, 1.54) is 5.69 Å². The molecule has 0 unspecified atom stereocenters. The maximum Gasteiger partial charge on any atom is 0.102 e. The maximum absolute atomic E-state index is 4.17. The van der Waals surface area contributed by atoms with E-state index < -0.39 is 0 Å². The van der Waals surface area contributed by atoms with Crippen LogP contribution in [-0.4, -0.2) is 22.3 Å². The number of hydrogen-bond acceptors (Lipinski definition) is 2. The van der Waals surface area contributed by atoms with Crippen LogP contribution in [-0.2, 0) is 13.5 Å². The Labute approximate surface area is 59.4 Å². The number of imidazole rings is 1. The summed E-state index contributed by atoms with van der Waals surface area (Å²) in [4.78, 5) is 8.30. The summed E-state index contributed by atoms with van der Waals surface area (Å²) < 4.78 is 2.06. The van der Waals surface area contributed by atoms with Crippen molar-refractivity contribution in [3.8, 4) is 0 Å². The third-order valence-electron chi connectivity index (χ3n) is 1.78. The average Bonchev–Trinajstić information content (AvgIpc) is 2.34. The van der Waals surface area contributed by atoms with Gasteiger partial charge in [0.15, 0.2) is 0 Å². The summed E-state index contributed by atoms with van der Waals surface area (Å²) in [5.74, 6) is 0. The van der Waals surface area contributed by atoms with Crippen LogP contribution in [0.1, 0.15) is 11.4 Å². The number of hydrogen-bond donors (Lipinski definition) is 0. The van der Waals surface area contributed by atoms with Gasteiger partial charge in [0.2, 0.25) is 0 Å². The Balaban J connectivity index is 2.57. The van der Waals surface area contributed by atoms with Crippen LogP contribution in [0.25, 0.3) is 0 Å². The lowest BCUT2D eigenvalue weighted by Crippen LogP contribution is -2.05. The van der Waals surface area contributed by atoms with Gasteiger partial charge in [-0.2, -0.15) is 0 Å². The van der Waals surface area contributed by atoms with Crippen molar-refractivity contribution in [3.05, 3.63) is 17.7 Å². The van der Waals surface area contributed by atoms with Crippen LogP contribution in [0.15, 0.2) is 11.3 Å². The first-order valence-corrected chi connectivity index (χ1v) is 3.38. The lowest BCUT2D eigenvalue weighted by molar-refractivity contribution is 0.798. The van der Waals surface area contributed by atoms with Crippen LogP contribution in [0.3, 0.4) is 0 Å². The summed E-state index contributed by atoms with van der Waals surface area (Å²) in [6.45, 7) is 0.909. The van der Waals surface area contributed by atoms with Crippen molar-refractivity contribution in [1.82, 2.24) is 9.55 Å². The van der Waals surface area contributed by atoms with Crippen LogP contribution in [0.5, 0.6) is 0 Å². The molecule has 52 valence electrons. The summed E-state index contributed by atoms with van der Waals surface area (Å²) in [5.41, 5.74) is 2.34. The average molecular weight is 135 g/mol. The van der Waals surface area contributed by atoms with Gasteiger partial charge in [-0.3, -0.25) is 4.99 Å². The summed E-state index contributed by atoms with van der Waals surface area (Å²) in [6.07, 6.45) is 4.71. The van der Waals surface area contributed by atoms with E-state index in [9.17, 15) is 0 Å². The first kappa shape index (κ1) is 5.65. The number of rotatable bonds is 0. The molecule has 0 aromatic carbocycles. The SMILES string of the molecule is Cn1cnc2c1CCN=C2. The van der Waals surface area contributed by atoms with Gasteiger partial charge in [-0.1, -0.05) is 0 Å². The number of aryl methyl sites for hydroxylation is 1. The minimum Gasteiger partial charge on any atom is -0.337 e. The number of aliphatic imine (C=N–C) groups is 1. The number of fused-ring (bicyclic) bond motifs is 1. The molecule has 1 aromatic heterocycles. The van der Waals surface area contributed by atoms with E-state index in [2.05, 4.69) is 14.5 Å². The molecule has 0 spiro atoms. The molecule has 10 heavy (non-hydrogen) atoms. The molecule has 1 aliphatic rings. The van der Waals surface area contributed by atoms with E-state index in [0.717, 1.165) is 18.7 Å². The van der Waals surface area contributed by atoms with Gasteiger partial charge >= 0.3 is 0 Å². The molecule has 2 heterocycles. The molecule has 0 fully saturated rings. The largest absolute Gasteiger partial charge is 0.337 e. The van der Waals surface area contributed by atoms with Crippen molar-refractivity contribution in [2.24, 2.45) is 12.0 Å². The molecule has 3 nitrogen and oxygen atoms in total. The fourth-order valence-corrected chi connectivity index (χ4v) is 1.21. The Morgan fingerprint density at radius 3 is 3.30 bits per heavy atom. The minimum atomic E-state index is 0.909. The normalized spacial score (nSPS) is 15.3. The Morgan fingerprint density at radius 2 is 2.50 bits per heavy atom. The van der Waals surface area contributed by atoms with Crippen LogP contribution < -0.4 is 0 Å². The molecule has 0 aliphatic carbocycles. The highest BCUT2D eigenvalue weighted by Crippen LogP contribution is 2.08. The summed E-state index contributed by atoms with van der Waals surface area (Å²) in [7, 11) is 2.02. The molecule has 1 aliphatic heterocycles. The van der Waals surface area contributed by atoms with E-state index >= 15 is 0 Å². The second-order valence-corrected chi connectivity index (χ2v) is 2.47. The van der Waals surface area contributed by atoms with Gasteiger partial charge in [0.25, 0.3) is 0 Å². The van der Waals surface area contributed by atoms with Crippen molar-refractivity contribution in [3.63, 3.8) is 0 Å². The highest BCUT2D eigenvalue weighted by molar-refractivity contribution is 5.79. The lowest BCUT2D eigenvalue weighted by atomic mass is 10.2. The molecular weight excluding hydrogens is 126 g/mol. The summed E-state index contributed by atoms with van der Waals surface area (Å²) in [5, 5.41) is 0. The first-order chi connectivity index (χ1) is 4.88. The van der Waals surface area contributed by atoms with Crippen molar-refractivity contribution < 1.29 is 0 Å². The minimum absolute atomic E-state index is 0.909. The Hall–Kier alpha value is -1.12. The van der Waals surface area contributed by atoms with Crippen molar-refractivity contribution >= 4 is 6.21 Å².